The average Bonchev–Trinajstić information content (AvgIpc) is 2.59. The van der Waals surface area contributed by atoms with Gasteiger partial charge in [0, 0.05) is 12.5 Å². The maximum absolute atomic E-state index is 11.6. The molecule has 142 valence electrons. The molecule has 2 heterocycles. The third-order valence-electron chi connectivity index (χ3n) is 4.33. The van der Waals surface area contributed by atoms with E-state index < -0.39 is 36.4 Å². The summed E-state index contributed by atoms with van der Waals surface area (Å²) in [7, 11) is 0. The fourth-order valence-corrected chi connectivity index (χ4v) is 3.09. The van der Waals surface area contributed by atoms with Crippen LogP contribution < -0.4 is 10.1 Å². The van der Waals surface area contributed by atoms with Crippen LogP contribution in [0, 0.1) is 0 Å². The van der Waals surface area contributed by atoms with E-state index in [2.05, 4.69) is 5.32 Å². The second-order valence-corrected chi connectivity index (χ2v) is 6.86. The largest absolute Gasteiger partial charge is 0.463 e. The summed E-state index contributed by atoms with van der Waals surface area (Å²) in [5, 5.41) is 13.4. The zero-order chi connectivity index (χ0) is 18.9. The number of hydrogen-bond donors (Lipinski definition) is 2. The molecule has 2 aliphatic rings. The van der Waals surface area contributed by atoms with Gasteiger partial charge < -0.3 is 29.4 Å². The molecule has 2 aliphatic heterocycles. The lowest BCUT2D eigenvalue weighted by atomic mass is 9.95. The first-order chi connectivity index (χ1) is 12.3. The number of aliphatic hydroxyl groups excluding tert-OH is 1. The zero-order valence-electron chi connectivity index (χ0n) is 14.9. The number of aldehydes is 1. The number of nitrogens with one attached hydrogen (secondary N) is 1. The summed E-state index contributed by atoms with van der Waals surface area (Å²) in [5.41, 5.74) is 0.511. The Kier molecular flexibility index (Phi) is 5.29. The molecule has 8 heteroatoms. The van der Waals surface area contributed by atoms with Gasteiger partial charge >= 0.3 is 0 Å². The Balaban J connectivity index is 1.80. The number of amides is 1. The van der Waals surface area contributed by atoms with Crippen molar-refractivity contribution >= 4 is 12.2 Å². The molecule has 1 aromatic carbocycles. The van der Waals surface area contributed by atoms with E-state index in [0.29, 0.717) is 11.3 Å². The molecular weight excluding hydrogens is 342 g/mol. The van der Waals surface area contributed by atoms with Crippen molar-refractivity contribution in [3.05, 3.63) is 29.8 Å². The third-order valence-corrected chi connectivity index (χ3v) is 4.33. The van der Waals surface area contributed by atoms with Gasteiger partial charge in [-0.1, -0.05) is 0 Å². The number of carbonyl (C=O) groups excluding carboxylic acids is 2. The monoisotopic (exact) mass is 365 g/mol. The topological polar surface area (TPSA) is 103 Å². The maximum Gasteiger partial charge on any atom is 0.223 e. The number of ether oxygens (including phenoxy) is 4. The van der Waals surface area contributed by atoms with Crippen LogP contribution in [0.4, 0.5) is 0 Å². The molecule has 5 atom stereocenters. The van der Waals surface area contributed by atoms with Crippen LogP contribution >= 0.6 is 0 Å². The minimum atomic E-state index is -1.04. The van der Waals surface area contributed by atoms with E-state index in [1.807, 2.05) is 0 Å². The molecule has 2 N–H and O–H groups in total. The van der Waals surface area contributed by atoms with Gasteiger partial charge in [0.2, 0.25) is 12.2 Å². The molecule has 3 rings (SSSR count). The van der Waals surface area contributed by atoms with Gasteiger partial charge in [0.05, 0.1) is 6.61 Å². The Hall–Kier alpha value is -2.00. The van der Waals surface area contributed by atoms with Crippen molar-refractivity contribution in [2.45, 2.75) is 57.2 Å². The van der Waals surface area contributed by atoms with E-state index in [0.717, 1.165) is 6.29 Å². The molecule has 26 heavy (non-hydrogen) atoms. The summed E-state index contributed by atoms with van der Waals surface area (Å²) in [6.45, 7) is 5.08. The van der Waals surface area contributed by atoms with Crippen LogP contribution in [0.5, 0.6) is 5.75 Å². The van der Waals surface area contributed by atoms with Gasteiger partial charge in [0.25, 0.3) is 0 Å². The summed E-state index contributed by atoms with van der Waals surface area (Å²) in [6.07, 6.45) is -2.45. The highest BCUT2D eigenvalue weighted by Gasteiger charge is 2.52. The molecule has 8 nitrogen and oxygen atoms in total. The molecule has 0 spiro atoms. The number of aliphatic hydroxyl groups is 1. The van der Waals surface area contributed by atoms with E-state index in [9.17, 15) is 14.7 Å². The fourth-order valence-electron chi connectivity index (χ4n) is 3.09. The maximum atomic E-state index is 11.6. The van der Waals surface area contributed by atoms with Gasteiger partial charge in [-0.05, 0) is 38.1 Å². The van der Waals surface area contributed by atoms with Crippen LogP contribution in [0.25, 0.3) is 0 Å². The Labute approximate surface area is 151 Å². The first-order valence-electron chi connectivity index (χ1n) is 8.43. The van der Waals surface area contributed by atoms with Crippen LogP contribution in [0.2, 0.25) is 0 Å². The molecule has 0 bridgehead atoms. The van der Waals surface area contributed by atoms with Crippen LogP contribution in [0.3, 0.4) is 0 Å². The molecule has 2 fully saturated rings. The average molecular weight is 365 g/mol. The van der Waals surface area contributed by atoms with Gasteiger partial charge in [-0.25, -0.2) is 0 Å². The highest BCUT2D eigenvalue weighted by atomic mass is 16.8. The first-order valence-corrected chi connectivity index (χ1v) is 8.43. The number of rotatable bonds is 4. The van der Waals surface area contributed by atoms with Crippen molar-refractivity contribution < 1.29 is 33.6 Å². The van der Waals surface area contributed by atoms with E-state index in [4.69, 9.17) is 18.9 Å². The standard InChI is InChI=1S/C18H23NO7/c1-10(21)19-14-15(22)16-13(9-23-18(2,3)26-16)25-17(14)24-12-6-4-11(8-20)5-7-12/h4-8,13-17,22H,9H2,1-3H3,(H,19,21)/t13-,14-,15-,16-,17-/m1/s1. The molecular formula is C18H23NO7. The second-order valence-electron chi connectivity index (χ2n) is 6.86. The molecule has 1 amide bonds. The summed E-state index contributed by atoms with van der Waals surface area (Å²) in [5.74, 6) is -0.739. The van der Waals surface area contributed by atoms with Crippen molar-refractivity contribution in [3.63, 3.8) is 0 Å². The van der Waals surface area contributed by atoms with Crippen molar-refractivity contribution in [1.82, 2.24) is 5.32 Å². The van der Waals surface area contributed by atoms with E-state index in [-0.39, 0.29) is 12.5 Å². The molecule has 0 saturated carbocycles. The van der Waals surface area contributed by atoms with Crippen molar-refractivity contribution in [1.29, 1.82) is 0 Å². The van der Waals surface area contributed by atoms with Crippen molar-refractivity contribution in [3.8, 4) is 5.75 Å². The van der Waals surface area contributed by atoms with Gasteiger partial charge in [-0.2, -0.15) is 0 Å². The van der Waals surface area contributed by atoms with Crippen LogP contribution in [-0.4, -0.2) is 60.3 Å². The molecule has 0 aliphatic carbocycles. The lowest BCUT2D eigenvalue weighted by molar-refractivity contribution is -0.361. The van der Waals surface area contributed by atoms with Crippen LogP contribution in [0.1, 0.15) is 31.1 Å². The minimum Gasteiger partial charge on any atom is -0.463 e. The van der Waals surface area contributed by atoms with Crippen molar-refractivity contribution in [2.75, 3.05) is 6.61 Å². The van der Waals surface area contributed by atoms with Gasteiger partial charge in [-0.15, -0.1) is 0 Å². The van der Waals surface area contributed by atoms with Crippen LogP contribution in [0.15, 0.2) is 24.3 Å². The number of fused-ring (bicyclic) bond motifs is 1. The van der Waals surface area contributed by atoms with Gasteiger partial charge in [-0.3, -0.25) is 9.59 Å². The Bertz CT molecular complexity index is 660. The lowest BCUT2D eigenvalue weighted by Gasteiger charge is -2.49. The fraction of sp³-hybridized carbons (Fsp3) is 0.556. The number of benzene rings is 1. The Morgan fingerprint density at radius 2 is 2.04 bits per heavy atom. The SMILES string of the molecule is CC(=O)N[C@H]1[C@H](Oc2ccc(C=O)cc2)O[C@@H]2COC(C)(C)O[C@H]2[C@@H]1O. The summed E-state index contributed by atoms with van der Waals surface area (Å²) in [6, 6.07) is 5.62. The van der Waals surface area contributed by atoms with E-state index >= 15 is 0 Å². The highest BCUT2D eigenvalue weighted by molar-refractivity contribution is 5.75. The van der Waals surface area contributed by atoms with Gasteiger partial charge in [0.15, 0.2) is 5.79 Å². The Morgan fingerprint density at radius 3 is 2.65 bits per heavy atom. The predicted octanol–water partition coefficient (Wildman–Crippen LogP) is 0.620. The number of hydrogen-bond acceptors (Lipinski definition) is 7. The minimum absolute atomic E-state index is 0.228. The third kappa shape index (κ3) is 4.04. The van der Waals surface area contributed by atoms with Gasteiger partial charge in [0.1, 0.15) is 36.4 Å². The molecule has 0 aromatic heterocycles. The lowest BCUT2D eigenvalue weighted by Crippen LogP contribution is -2.69. The zero-order valence-corrected chi connectivity index (χ0v) is 14.9. The normalized spacial score (nSPS) is 33.0. The summed E-state index contributed by atoms with van der Waals surface area (Å²) < 4.78 is 23.1. The summed E-state index contributed by atoms with van der Waals surface area (Å²) in [4.78, 5) is 22.3. The van der Waals surface area contributed by atoms with E-state index in [1.165, 1.54) is 6.92 Å². The number of carbonyl (C=O) groups is 2. The molecule has 0 radical (unpaired) electrons. The molecule has 0 unspecified atom stereocenters. The first kappa shape index (κ1) is 18.8. The molecule has 2 saturated heterocycles. The quantitative estimate of drug-likeness (QED) is 0.754. The molecule has 1 aromatic rings. The Morgan fingerprint density at radius 1 is 1.35 bits per heavy atom. The van der Waals surface area contributed by atoms with E-state index in [1.54, 1.807) is 38.1 Å². The smallest absolute Gasteiger partial charge is 0.223 e. The second kappa shape index (κ2) is 7.32. The summed E-state index contributed by atoms with van der Waals surface area (Å²) >= 11 is 0. The predicted molar refractivity (Wildman–Crippen MR) is 89.6 cm³/mol. The van der Waals surface area contributed by atoms with Crippen molar-refractivity contribution in [2.24, 2.45) is 0 Å². The van der Waals surface area contributed by atoms with Crippen LogP contribution in [-0.2, 0) is 19.0 Å². The highest BCUT2D eigenvalue weighted by Crippen LogP contribution is 2.33.